The summed E-state index contributed by atoms with van der Waals surface area (Å²) in [7, 11) is 1.55. The maximum atomic E-state index is 10.6. The van der Waals surface area contributed by atoms with Crippen LogP contribution in [-0.2, 0) is 4.79 Å². The van der Waals surface area contributed by atoms with E-state index in [0.717, 1.165) is 12.0 Å². The Labute approximate surface area is 101 Å². The number of phenolic OH excluding ortho intramolecular Hbond substituents is 1. The molecule has 0 fully saturated rings. The van der Waals surface area contributed by atoms with Gasteiger partial charge in [-0.05, 0) is 18.6 Å². The van der Waals surface area contributed by atoms with Crippen LogP contribution < -0.4 is 10.1 Å². The molecule has 0 spiro atoms. The quantitative estimate of drug-likeness (QED) is 0.767. The second kappa shape index (κ2) is 6.58. The van der Waals surface area contributed by atoms with E-state index >= 15 is 0 Å². The van der Waals surface area contributed by atoms with Crippen LogP contribution in [0.3, 0.4) is 0 Å². The minimum absolute atomic E-state index is 0.0364. The van der Waals surface area contributed by atoms with E-state index in [1.54, 1.807) is 25.3 Å². The molecule has 2 N–H and O–H groups in total. The molecule has 1 aromatic rings. The molecule has 0 heterocycles. The molecule has 0 saturated heterocycles. The number of carbonyl (C=O) groups is 1. The third-order valence-corrected chi connectivity index (χ3v) is 2.22. The van der Waals surface area contributed by atoms with Gasteiger partial charge >= 0.3 is 0 Å². The molecule has 0 aliphatic rings. The Morgan fingerprint density at radius 1 is 1.53 bits per heavy atom. The minimum atomic E-state index is -0.0364. The van der Waals surface area contributed by atoms with E-state index in [-0.39, 0.29) is 11.7 Å². The number of carbonyl (C=O) groups excluding carboxylic acids is 1. The first kappa shape index (κ1) is 13.1. The molecule has 0 aromatic heterocycles. The van der Waals surface area contributed by atoms with E-state index in [1.807, 2.05) is 12.2 Å². The van der Waals surface area contributed by atoms with Crippen LogP contribution in [0.5, 0.6) is 11.5 Å². The average Bonchev–Trinajstić information content (AvgIpc) is 2.30. The summed E-state index contributed by atoms with van der Waals surface area (Å²) in [4.78, 5) is 10.6. The molecule has 0 bridgehead atoms. The highest BCUT2D eigenvalue weighted by molar-refractivity contribution is 5.72. The number of aromatic hydroxyl groups is 1. The molecule has 0 aliphatic heterocycles. The molecule has 0 radical (unpaired) electrons. The van der Waals surface area contributed by atoms with E-state index in [4.69, 9.17) is 4.74 Å². The van der Waals surface area contributed by atoms with Crippen molar-refractivity contribution in [3.05, 3.63) is 29.8 Å². The van der Waals surface area contributed by atoms with Crippen molar-refractivity contribution in [2.45, 2.75) is 13.3 Å². The van der Waals surface area contributed by atoms with E-state index in [2.05, 4.69) is 5.32 Å². The Morgan fingerprint density at radius 2 is 2.29 bits per heavy atom. The van der Waals surface area contributed by atoms with Crippen molar-refractivity contribution in [3.63, 3.8) is 0 Å². The molecule has 1 amide bonds. The predicted octanol–water partition coefficient (Wildman–Crippen LogP) is 1.94. The number of ether oxygens (including phenoxy) is 1. The Balaban J connectivity index is 2.50. The zero-order valence-corrected chi connectivity index (χ0v) is 10.1. The average molecular weight is 235 g/mol. The van der Waals surface area contributed by atoms with Gasteiger partial charge in [0.1, 0.15) is 11.5 Å². The molecule has 92 valence electrons. The second-order valence-electron chi connectivity index (χ2n) is 3.60. The Morgan fingerprint density at radius 3 is 2.88 bits per heavy atom. The summed E-state index contributed by atoms with van der Waals surface area (Å²) >= 11 is 0. The van der Waals surface area contributed by atoms with Crippen LogP contribution in [0.2, 0.25) is 0 Å². The lowest BCUT2D eigenvalue weighted by molar-refractivity contribution is -0.118. The topological polar surface area (TPSA) is 58.6 Å². The van der Waals surface area contributed by atoms with Crippen molar-refractivity contribution < 1.29 is 14.6 Å². The molecular weight excluding hydrogens is 218 g/mol. The number of hydrogen-bond donors (Lipinski definition) is 2. The van der Waals surface area contributed by atoms with Gasteiger partial charge in [-0.25, -0.2) is 0 Å². The van der Waals surface area contributed by atoms with Gasteiger partial charge in [-0.15, -0.1) is 0 Å². The first-order valence-electron chi connectivity index (χ1n) is 5.41. The predicted molar refractivity (Wildman–Crippen MR) is 67.0 cm³/mol. The second-order valence-corrected chi connectivity index (χ2v) is 3.60. The van der Waals surface area contributed by atoms with Crippen LogP contribution in [0.1, 0.15) is 18.9 Å². The van der Waals surface area contributed by atoms with Crippen LogP contribution >= 0.6 is 0 Å². The molecule has 0 aliphatic carbocycles. The van der Waals surface area contributed by atoms with Gasteiger partial charge in [0.05, 0.1) is 7.11 Å². The normalized spacial score (nSPS) is 10.5. The van der Waals surface area contributed by atoms with Crippen molar-refractivity contribution in [1.29, 1.82) is 0 Å². The summed E-state index contributed by atoms with van der Waals surface area (Å²) in [5.41, 5.74) is 0.730. The minimum Gasteiger partial charge on any atom is -0.507 e. The van der Waals surface area contributed by atoms with Gasteiger partial charge in [-0.2, -0.15) is 0 Å². The van der Waals surface area contributed by atoms with Crippen molar-refractivity contribution >= 4 is 12.0 Å². The van der Waals surface area contributed by atoms with Crippen LogP contribution in [0.4, 0.5) is 0 Å². The summed E-state index contributed by atoms with van der Waals surface area (Å²) in [6.45, 7) is 2.09. The Hall–Kier alpha value is -1.97. The molecule has 0 saturated carbocycles. The number of benzene rings is 1. The number of amides is 1. The van der Waals surface area contributed by atoms with Crippen molar-refractivity contribution in [2.75, 3.05) is 13.7 Å². The van der Waals surface area contributed by atoms with E-state index in [1.165, 1.54) is 6.92 Å². The summed E-state index contributed by atoms with van der Waals surface area (Å²) in [6, 6.07) is 5.13. The van der Waals surface area contributed by atoms with Crippen LogP contribution in [0.25, 0.3) is 6.08 Å². The zero-order chi connectivity index (χ0) is 12.7. The molecule has 1 aromatic carbocycles. The lowest BCUT2D eigenvalue weighted by Gasteiger charge is -2.03. The molecule has 0 atom stereocenters. The van der Waals surface area contributed by atoms with Crippen LogP contribution in [0, 0.1) is 0 Å². The summed E-state index contributed by atoms with van der Waals surface area (Å²) in [6.07, 6.45) is 4.44. The number of rotatable bonds is 5. The smallest absolute Gasteiger partial charge is 0.216 e. The van der Waals surface area contributed by atoms with Crippen molar-refractivity contribution in [1.82, 2.24) is 5.32 Å². The fourth-order valence-corrected chi connectivity index (χ4v) is 1.33. The van der Waals surface area contributed by atoms with Crippen molar-refractivity contribution in [3.8, 4) is 11.5 Å². The van der Waals surface area contributed by atoms with Gasteiger partial charge < -0.3 is 15.2 Å². The van der Waals surface area contributed by atoms with Crippen LogP contribution in [0.15, 0.2) is 24.3 Å². The SMILES string of the molecule is COc1ccc(C=CCCNC(C)=O)c(O)c1. The summed E-state index contributed by atoms with van der Waals surface area (Å²) in [5.74, 6) is 0.767. The van der Waals surface area contributed by atoms with E-state index in [9.17, 15) is 9.90 Å². The number of hydrogen-bond acceptors (Lipinski definition) is 3. The maximum Gasteiger partial charge on any atom is 0.216 e. The molecule has 1 rings (SSSR count). The van der Waals surface area contributed by atoms with Gasteiger partial charge in [0.2, 0.25) is 5.91 Å². The highest BCUT2D eigenvalue weighted by Gasteiger charge is 1.99. The first-order valence-corrected chi connectivity index (χ1v) is 5.41. The van der Waals surface area contributed by atoms with Crippen LogP contribution in [-0.4, -0.2) is 24.7 Å². The fraction of sp³-hybridized carbons (Fsp3) is 0.308. The maximum absolute atomic E-state index is 10.6. The van der Waals surface area contributed by atoms with Gasteiger partial charge in [0.15, 0.2) is 0 Å². The number of nitrogens with one attached hydrogen (secondary N) is 1. The number of methoxy groups -OCH3 is 1. The first-order chi connectivity index (χ1) is 8.13. The van der Waals surface area contributed by atoms with Gasteiger partial charge in [-0.3, -0.25) is 4.79 Å². The summed E-state index contributed by atoms with van der Waals surface area (Å²) in [5, 5.41) is 12.4. The fourth-order valence-electron chi connectivity index (χ4n) is 1.33. The van der Waals surface area contributed by atoms with Gasteiger partial charge in [0, 0.05) is 25.1 Å². The highest BCUT2D eigenvalue weighted by Crippen LogP contribution is 2.24. The number of phenols is 1. The third-order valence-electron chi connectivity index (χ3n) is 2.22. The van der Waals surface area contributed by atoms with E-state index in [0.29, 0.717) is 12.3 Å². The molecule has 4 nitrogen and oxygen atoms in total. The lowest BCUT2D eigenvalue weighted by Crippen LogP contribution is -2.20. The standard InChI is InChI=1S/C13H17NO3/c1-10(15)14-8-4-3-5-11-6-7-12(17-2)9-13(11)16/h3,5-7,9,16H,4,8H2,1-2H3,(H,14,15). The third kappa shape index (κ3) is 4.59. The van der Waals surface area contributed by atoms with Gasteiger partial charge in [-0.1, -0.05) is 12.2 Å². The van der Waals surface area contributed by atoms with E-state index < -0.39 is 0 Å². The van der Waals surface area contributed by atoms with Gasteiger partial charge in [0.25, 0.3) is 0 Å². The Kier molecular flexibility index (Phi) is 5.07. The van der Waals surface area contributed by atoms with Crippen molar-refractivity contribution in [2.24, 2.45) is 0 Å². The lowest BCUT2D eigenvalue weighted by atomic mass is 10.1. The molecular formula is C13H17NO3. The largest absolute Gasteiger partial charge is 0.507 e. The molecule has 4 heteroatoms. The molecule has 0 unspecified atom stereocenters. The Bertz CT molecular complexity index is 413. The monoisotopic (exact) mass is 235 g/mol. The highest BCUT2D eigenvalue weighted by atomic mass is 16.5. The zero-order valence-electron chi connectivity index (χ0n) is 10.1. The molecule has 17 heavy (non-hydrogen) atoms. The summed E-state index contributed by atoms with van der Waals surface area (Å²) < 4.78 is 4.99.